The van der Waals surface area contributed by atoms with E-state index in [4.69, 9.17) is 14.6 Å². The van der Waals surface area contributed by atoms with E-state index in [0.29, 0.717) is 18.7 Å². The Morgan fingerprint density at radius 1 is 1.33 bits per heavy atom. The third-order valence-corrected chi connectivity index (χ3v) is 3.28. The summed E-state index contributed by atoms with van der Waals surface area (Å²) in [4.78, 5) is 9.05. The van der Waals surface area contributed by atoms with Gasteiger partial charge in [0.1, 0.15) is 17.3 Å². The molecule has 0 aliphatic rings. The predicted octanol–water partition coefficient (Wildman–Crippen LogP) is 1.19. The number of rotatable bonds is 8. The van der Waals surface area contributed by atoms with Crippen LogP contribution in [0.1, 0.15) is 13.3 Å². The fourth-order valence-corrected chi connectivity index (χ4v) is 2.06. The van der Waals surface area contributed by atoms with Gasteiger partial charge in [0.2, 0.25) is 10.0 Å². The van der Waals surface area contributed by atoms with Crippen molar-refractivity contribution in [1.29, 1.82) is 0 Å². The lowest BCUT2D eigenvalue weighted by Crippen LogP contribution is -2.15. The van der Waals surface area contributed by atoms with E-state index in [1.807, 2.05) is 6.92 Å². The Morgan fingerprint density at radius 2 is 2.00 bits per heavy atom. The highest BCUT2D eigenvalue weighted by atomic mass is 32.2. The molecular formula is C11H15FN2O6S. The van der Waals surface area contributed by atoms with Crippen LogP contribution in [0.2, 0.25) is 0 Å². The van der Waals surface area contributed by atoms with Crippen LogP contribution in [-0.4, -0.2) is 33.2 Å². The van der Waals surface area contributed by atoms with Crippen molar-refractivity contribution in [2.24, 2.45) is 5.14 Å². The molecule has 0 heterocycles. The Bertz CT molecular complexity index is 619. The minimum absolute atomic E-state index is 0.0327. The Labute approximate surface area is 120 Å². The summed E-state index contributed by atoms with van der Waals surface area (Å²) in [6.07, 6.45) is 0.803. The smallest absolute Gasteiger partial charge is 0.312 e. The lowest BCUT2D eigenvalue weighted by atomic mass is 10.3. The van der Waals surface area contributed by atoms with Crippen LogP contribution in [0.15, 0.2) is 17.0 Å². The minimum atomic E-state index is -4.40. The average Bonchev–Trinajstić information content (AvgIpc) is 2.36. The quantitative estimate of drug-likeness (QED) is 0.436. The molecule has 0 radical (unpaired) electrons. The average molecular weight is 322 g/mol. The van der Waals surface area contributed by atoms with Gasteiger partial charge in [0, 0.05) is 18.7 Å². The van der Waals surface area contributed by atoms with Gasteiger partial charge in [0.15, 0.2) is 5.75 Å². The van der Waals surface area contributed by atoms with Crippen molar-refractivity contribution in [3.63, 3.8) is 0 Å². The normalized spacial score (nSPS) is 11.4. The number of halogens is 1. The number of nitro benzene ring substituents is 1. The maximum atomic E-state index is 13.6. The summed E-state index contributed by atoms with van der Waals surface area (Å²) in [6, 6.07) is 1.16. The van der Waals surface area contributed by atoms with E-state index in [0.717, 1.165) is 6.42 Å². The first-order valence-electron chi connectivity index (χ1n) is 5.98. The molecule has 0 unspecified atom stereocenters. The number of nitro groups is 1. The van der Waals surface area contributed by atoms with Crippen molar-refractivity contribution >= 4 is 15.7 Å². The number of hydrogen-bond donors (Lipinski definition) is 1. The fraction of sp³-hybridized carbons (Fsp3) is 0.455. The predicted molar refractivity (Wildman–Crippen MR) is 71.0 cm³/mol. The summed E-state index contributed by atoms with van der Waals surface area (Å²) >= 11 is 0. The molecule has 0 aliphatic carbocycles. The lowest BCUT2D eigenvalue weighted by Gasteiger charge is -2.09. The zero-order valence-corrected chi connectivity index (χ0v) is 12.1. The molecule has 0 fully saturated rings. The zero-order valence-electron chi connectivity index (χ0n) is 11.2. The highest BCUT2D eigenvalue weighted by Gasteiger charge is 2.24. The Hall–Kier alpha value is -1.78. The molecule has 0 aromatic heterocycles. The molecule has 0 saturated heterocycles. The highest BCUT2D eigenvalue weighted by molar-refractivity contribution is 7.89. The van der Waals surface area contributed by atoms with Crippen LogP contribution in [-0.2, 0) is 14.8 Å². The highest BCUT2D eigenvalue weighted by Crippen LogP contribution is 2.31. The van der Waals surface area contributed by atoms with Crippen molar-refractivity contribution in [2.75, 3.05) is 19.8 Å². The van der Waals surface area contributed by atoms with Crippen LogP contribution in [0.3, 0.4) is 0 Å². The SMILES string of the molecule is CCCOCCOc1cc(F)c(S(N)(=O)=O)cc1[N+](=O)[O-]. The third kappa shape index (κ3) is 4.92. The summed E-state index contributed by atoms with van der Waals surface area (Å²) < 4.78 is 46.0. The molecule has 0 atom stereocenters. The van der Waals surface area contributed by atoms with E-state index < -0.39 is 31.3 Å². The van der Waals surface area contributed by atoms with Crippen molar-refractivity contribution in [2.45, 2.75) is 18.2 Å². The largest absolute Gasteiger partial charge is 0.484 e. The van der Waals surface area contributed by atoms with Gasteiger partial charge in [-0.2, -0.15) is 0 Å². The summed E-state index contributed by atoms with van der Waals surface area (Å²) in [5.74, 6) is -1.60. The number of nitrogens with zero attached hydrogens (tertiary/aromatic N) is 1. The van der Waals surface area contributed by atoms with Crippen molar-refractivity contribution in [3.8, 4) is 5.75 Å². The lowest BCUT2D eigenvalue weighted by molar-refractivity contribution is -0.386. The van der Waals surface area contributed by atoms with Gasteiger partial charge >= 0.3 is 5.69 Å². The van der Waals surface area contributed by atoms with Crippen LogP contribution in [0.4, 0.5) is 10.1 Å². The van der Waals surface area contributed by atoms with Gasteiger partial charge in [0.05, 0.1) is 11.5 Å². The van der Waals surface area contributed by atoms with Crippen LogP contribution >= 0.6 is 0 Å². The van der Waals surface area contributed by atoms with E-state index in [-0.39, 0.29) is 19.0 Å². The number of benzene rings is 1. The Morgan fingerprint density at radius 3 is 2.52 bits per heavy atom. The number of hydrogen-bond acceptors (Lipinski definition) is 6. The van der Waals surface area contributed by atoms with Crippen LogP contribution in [0.25, 0.3) is 0 Å². The molecule has 2 N–H and O–H groups in total. The fourth-order valence-electron chi connectivity index (χ4n) is 1.46. The van der Waals surface area contributed by atoms with E-state index in [1.165, 1.54) is 0 Å². The second-order valence-electron chi connectivity index (χ2n) is 4.01. The Kier molecular flexibility index (Phi) is 6.00. The van der Waals surface area contributed by atoms with Gasteiger partial charge in [-0.1, -0.05) is 6.92 Å². The van der Waals surface area contributed by atoms with Gasteiger partial charge in [0.25, 0.3) is 0 Å². The van der Waals surface area contributed by atoms with Crippen LogP contribution in [0.5, 0.6) is 5.75 Å². The molecule has 0 saturated carbocycles. The second kappa shape index (κ2) is 7.29. The Balaban J connectivity index is 2.99. The molecule has 21 heavy (non-hydrogen) atoms. The van der Waals surface area contributed by atoms with E-state index in [2.05, 4.69) is 0 Å². The van der Waals surface area contributed by atoms with Gasteiger partial charge in [-0.25, -0.2) is 17.9 Å². The molecule has 0 amide bonds. The van der Waals surface area contributed by atoms with Crippen LogP contribution in [0, 0.1) is 15.9 Å². The van der Waals surface area contributed by atoms with E-state index in [9.17, 15) is 22.9 Å². The summed E-state index contributed by atoms with van der Waals surface area (Å²) in [7, 11) is -4.40. The van der Waals surface area contributed by atoms with Crippen molar-refractivity contribution in [1.82, 2.24) is 0 Å². The summed E-state index contributed by atoms with van der Waals surface area (Å²) in [5, 5.41) is 15.7. The van der Waals surface area contributed by atoms with Gasteiger partial charge in [-0.15, -0.1) is 0 Å². The zero-order chi connectivity index (χ0) is 16.0. The standard InChI is InChI=1S/C11H15FN2O6S/c1-2-3-19-4-5-20-10-6-8(12)11(21(13,17)18)7-9(10)14(15)16/h6-7H,2-5H2,1H3,(H2,13,17,18). The number of ether oxygens (including phenoxy) is 2. The maximum absolute atomic E-state index is 13.6. The molecule has 0 spiro atoms. The van der Waals surface area contributed by atoms with Crippen LogP contribution < -0.4 is 9.88 Å². The number of primary sulfonamides is 1. The van der Waals surface area contributed by atoms with Crippen molar-refractivity contribution in [3.05, 3.63) is 28.1 Å². The molecule has 1 aromatic rings. The van der Waals surface area contributed by atoms with Crippen molar-refractivity contribution < 1.29 is 27.2 Å². The first kappa shape index (κ1) is 17.3. The number of nitrogens with two attached hydrogens (primary N) is 1. The molecule has 0 aliphatic heterocycles. The van der Waals surface area contributed by atoms with Gasteiger partial charge in [-0.05, 0) is 6.42 Å². The molecule has 1 rings (SSSR count). The second-order valence-corrected chi connectivity index (χ2v) is 5.54. The van der Waals surface area contributed by atoms with Gasteiger partial charge in [-0.3, -0.25) is 10.1 Å². The minimum Gasteiger partial charge on any atom is -0.484 e. The van der Waals surface area contributed by atoms with E-state index >= 15 is 0 Å². The first-order valence-corrected chi connectivity index (χ1v) is 7.53. The molecule has 1 aromatic carbocycles. The maximum Gasteiger partial charge on any atom is 0.312 e. The third-order valence-electron chi connectivity index (χ3n) is 2.35. The molecule has 118 valence electrons. The van der Waals surface area contributed by atoms with Gasteiger partial charge < -0.3 is 9.47 Å². The number of sulfonamides is 1. The summed E-state index contributed by atoms with van der Waals surface area (Å²) in [6.45, 7) is 2.55. The summed E-state index contributed by atoms with van der Waals surface area (Å²) in [5.41, 5.74) is -0.684. The molecular weight excluding hydrogens is 307 g/mol. The molecule has 10 heteroatoms. The first-order chi connectivity index (χ1) is 9.77. The molecule has 8 nitrogen and oxygen atoms in total. The topological polar surface area (TPSA) is 122 Å². The monoisotopic (exact) mass is 322 g/mol. The van der Waals surface area contributed by atoms with E-state index in [1.54, 1.807) is 0 Å². The molecule has 0 bridgehead atoms.